The minimum absolute atomic E-state index is 0.0468. The van der Waals surface area contributed by atoms with Gasteiger partial charge in [0.15, 0.2) is 0 Å². The van der Waals surface area contributed by atoms with Gasteiger partial charge in [0.2, 0.25) is 0 Å². The number of aromatic nitrogens is 1. The molecule has 0 amide bonds. The van der Waals surface area contributed by atoms with Gasteiger partial charge < -0.3 is 5.73 Å². The number of hydrogen-bond acceptors (Lipinski definition) is 2. The first-order valence-corrected chi connectivity index (χ1v) is 6.91. The normalized spacial score (nSPS) is 14.1. The van der Waals surface area contributed by atoms with Gasteiger partial charge in [0.05, 0.1) is 0 Å². The molecule has 2 nitrogen and oxygen atoms in total. The third kappa shape index (κ3) is 2.43. The van der Waals surface area contributed by atoms with Gasteiger partial charge in [0.1, 0.15) is 0 Å². The maximum atomic E-state index is 6.42. The standard InChI is InChI=1S/C18H18N2/c1-13(17-8-4-5-11-20-17)18(19)16-10-9-14-6-2-3-7-15(14)12-16/h2-13,18H,19H2,1H3. The van der Waals surface area contributed by atoms with Crippen LogP contribution in [0, 0.1) is 0 Å². The van der Waals surface area contributed by atoms with Crippen molar-refractivity contribution >= 4 is 10.8 Å². The van der Waals surface area contributed by atoms with Crippen LogP contribution >= 0.6 is 0 Å². The van der Waals surface area contributed by atoms with Crippen LogP contribution in [0.15, 0.2) is 66.9 Å². The lowest BCUT2D eigenvalue weighted by Gasteiger charge is -2.20. The van der Waals surface area contributed by atoms with E-state index in [2.05, 4.69) is 54.4 Å². The van der Waals surface area contributed by atoms with E-state index in [0.29, 0.717) is 0 Å². The monoisotopic (exact) mass is 262 g/mol. The summed E-state index contributed by atoms with van der Waals surface area (Å²) in [5, 5.41) is 2.47. The average Bonchev–Trinajstić information content (AvgIpc) is 2.54. The van der Waals surface area contributed by atoms with Crippen LogP contribution in [0.2, 0.25) is 0 Å². The van der Waals surface area contributed by atoms with Crippen molar-refractivity contribution in [2.24, 2.45) is 5.73 Å². The zero-order valence-corrected chi connectivity index (χ0v) is 11.5. The fraction of sp³-hybridized carbons (Fsp3) is 0.167. The Kier molecular flexibility index (Phi) is 3.48. The zero-order chi connectivity index (χ0) is 13.9. The van der Waals surface area contributed by atoms with Crippen LogP contribution in [0.5, 0.6) is 0 Å². The summed E-state index contributed by atoms with van der Waals surface area (Å²) in [6.07, 6.45) is 1.82. The van der Waals surface area contributed by atoms with E-state index in [0.717, 1.165) is 11.3 Å². The first kappa shape index (κ1) is 12.8. The summed E-state index contributed by atoms with van der Waals surface area (Å²) in [4.78, 5) is 4.41. The molecule has 2 N–H and O–H groups in total. The van der Waals surface area contributed by atoms with Crippen molar-refractivity contribution in [1.82, 2.24) is 4.98 Å². The number of nitrogens with zero attached hydrogens (tertiary/aromatic N) is 1. The molecule has 0 aliphatic heterocycles. The van der Waals surface area contributed by atoms with Crippen molar-refractivity contribution in [3.63, 3.8) is 0 Å². The molecule has 2 aromatic carbocycles. The van der Waals surface area contributed by atoms with Gasteiger partial charge in [-0.25, -0.2) is 0 Å². The second-order valence-corrected chi connectivity index (χ2v) is 5.18. The third-order valence-corrected chi connectivity index (χ3v) is 3.85. The van der Waals surface area contributed by atoms with Crippen LogP contribution in [0.3, 0.4) is 0 Å². The van der Waals surface area contributed by atoms with Crippen molar-refractivity contribution in [2.45, 2.75) is 18.9 Å². The van der Waals surface area contributed by atoms with E-state index in [1.807, 2.05) is 24.4 Å². The molecular formula is C18H18N2. The maximum Gasteiger partial charge on any atom is 0.0450 e. The quantitative estimate of drug-likeness (QED) is 0.773. The number of rotatable bonds is 3. The third-order valence-electron chi connectivity index (χ3n) is 3.85. The topological polar surface area (TPSA) is 38.9 Å². The molecule has 0 bridgehead atoms. The number of hydrogen-bond donors (Lipinski definition) is 1. The molecule has 2 heteroatoms. The summed E-state index contributed by atoms with van der Waals surface area (Å²) in [5.74, 6) is 0.192. The number of benzene rings is 2. The van der Waals surface area contributed by atoms with E-state index < -0.39 is 0 Å². The molecule has 1 heterocycles. The summed E-state index contributed by atoms with van der Waals surface area (Å²) in [7, 11) is 0. The Balaban J connectivity index is 1.94. The van der Waals surface area contributed by atoms with Gasteiger partial charge in [0.25, 0.3) is 0 Å². The van der Waals surface area contributed by atoms with Gasteiger partial charge >= 0.3 is 0 Å². The van der Waals surface area contributed by atoms with Crippen molar-refractivity contribution < 1.29 is 0 Å². The predicted molar refractivity (Wildman–Crippen MR) is 83.5 cm³/mol. The number of pyridine rings is 1. The smallest absolute Gasteiger partial charge is 0.0450 e. The van der Waals surface area contributed by atoms with Crippen LogP contribution in [-0.4, -0.2) is 4.98 Å². The fourth-order valence-electron chi connectivity index (χ4n) is 2.53. The van der Waals surface area contributed by atoms with E-state index >= 15 is 0 Å². The Bertz CT molecular complexity index is 707. The molecule has 0 fully saturated rings. The van der Waals surface area contributed by atoms with Gasteiger partial charge in [-0.05, 0) is 34.5 Å². The van der Waals surface area contributed by atoms with Crippen molar-refractivity contribution in [1.29, 1.82) is 0 Å². The van der Waals surface area contributed by atoms with E-state index in [9.17, 15) is 0 Å². The van der Waals surface area contributed by atoms with Crippen molar-refractivity contribution in [3.8, 4) is 0 Å². The molecule has 0 aliphatic rings. The summed E-state index contributed by atoms with van der Waals surface area (Å²) in [6.45, 7) is 2.13. The van der Waals surface area contributed by atoms with Crippen molar-refractivity contribution in [3.05, 3.63) is 78.1 Å². The summed E-state index contributed by atoms with van der Waals surface area (Å²) in [5.41, 5.74) is 8.61. The minimum atomic E-state index is -0.0468. The first-order valence-electron chi connectivity index (χ1n) is 6.91. The molecule has 0 saturated heterocycles. The highest BCUT2D eigenvalue weighted by Gasteiger charge is 2.17. The average molecular weight is 262 g/mol. The molecule has 0 radical (unpaired) electrons. The highest BCUT2D eigenvalue weighted by atomic mass is 14.7. The lowest BCUT2D eigenvalue weighted by Crippen LogP contribution is -2.18. The Morgan fingerprint density at radius 3 is 2.40 bits per heavy atom. The van der Waals surface area contributed by atoms with E-state index in [4.69, 9.17) is 5.73 Å². The molecule has 0 saturated carbocycles. The first-order chi connectivity index (χ1) is 9.75. The second kappa shape index (κ2) is 5.43. The highest BCUT2D eigenvalue weighted by Crippen LogP contribution is 2.29. The van der Waals surface area contributed by atoms with E-state index in [1.54, 1.807) is 0 Å². The molecule has 0 spiro atoms. The van der Waals surface area contributed by atoms with Crippen LogP contribution in [0.4, 0.5) is 0 Å². The van der Waals surface area contributed by atoms with Gasteiger partial charge in [-0.15, -0.1) is 0 Å². The van der Waals surface area contributed by atoms with Crippen LogP contribution < -0.4 is 5.73 Å². The SMILES string of the molecule is CC(c1ccccn1)C(N)c1ccc2ccccc2c1. The summed E-state index contributed by atoms with van der Waals surface area (Å²) < 4.78 is 0. The van der Waals surface area contributed by atoms with Gasteiger partial charge in [-0.2, -0.15) is 0 Å². The Labute approximate surface area is 119 Å². The summed E-state index contributed by atoms with van der Waals surface area (Å²) in [6, 6.07) is 20.7. The Morgan fingerprint density at radius 1 is 0.900 bits per heavy atom. The fourth-order valence-corrected chi connectivity index (χ4v) is 2.53. The van der Waals surface area contributed by atoms with E-state index in [-0.39, 0.29) is 12.0 Å². The Morgan fingerprint density at radius 2 is 1.65 bits per heavy atom. The number of nitrogens with two attached hydrogens (primary N) is 1. The highest BCUT2D eigenvalue weighted by molar-refractivity contribution is 5.83. The van der Waals surface area contributed by atoms with Gasteiger partial charge in [0, 0.05) is 23.9 Å². The van der Waals surface area contributed by atoms with Gasteiger partial charge in [-0.1, -0.05) is 49.4 Å². The van der Waals surface area contributed by atoms with Crippen LogP contribution in [0.1, 0.15) is 30.1 Å². The molecule has 2 atom stereocenters. The molecule has 2 unspecified atom stereocenters. The summed E-state index contributed by atoms with van der Waals surface area (Å²) >= 11 is 0. The number of fused-ring (bicyclic) bond motifs is 1. The second-order valence-electron chi connectivity index (χ2n) is 5.18. The maximum absolute atomic E-state index is 6.42. The zero-order valence-electron chi connectivity index (χ0n) is 11.5. The lowest BCUT2D eigenvalue weighted by atomic mass is 9.91. The molecule has 0 aliphatic carbocycles. The van der Waals surface area contributed by atoms with Crippen LogP contribution in [0.25, 0.3) is 10.8 Å². The molecular weight excluding hydrogens is 244 g/mol. The van der Waals surface area contributed by atoms with E-state index in [1.165, 1.54) is 10.8 Å². The van der Waals surface area contributed by atoms with Crippen molar-refractivity contribution in [2.75, 3.05) is 0 Å². The minimum Gasteiger partial charge on any atom is -0.323 e. The largest absolute Gasteiger partial charge is 0.323 e. The van der Waals surface area contributed by atoms with Crippen LogP contribution in [-0.2, 0) is 0 Å². The molecule has 3 rings (SSSR count). The molecule has 100 valence electrons. The molecule has 1 aromatic heterocycles. The molecule has 20 heavy (non-hydrogen) atoms. The predicted octanol–water partition coefficient (Wildman–Crippen LogP) is 4.04. The van der Waals surface area contributed by atoms with Gasteiger partial charge in [-0.3, -0.25) is 4.98 Å². The Hall–Kier alpha value is -2.19. The lowest BCUT2D eigenvalue weighted by molar-refractivity contribution is 0.584. The molecule has 3 aromatic rings.